The highest BCUT2D eigenvalue weighted by Crippen LogP contribution is 2.18. The first kappa shape index (κ1) is 12.8. The Balaban J connectivity index is 2.31. The first-order valence-corrected chi connectivity index (χ1v) is 5.53. The third kappa shape index (κ3) is 4.06. The third-order valence-electron chi connectivity index (χ3n) is 2.80. The number of carbonyl (C=O) groups is 2. The summed E-state index contributed by atoms with van der Waals surface area (Å²) in [6, 6.07) is -1.24. The molecule has 6 nitrogen and oxygen atoms in total. The smallest absolute Gasteiger partial charge is 0.312 e. The quantitative estimate of drug-likeness (QED) is 0.522. The Bertz CT molecular complexity index is 262. The Morgan fingerprint density at radius 2 is 1.88 bits per heavy atom. The monoisotopic (exact) mass is 229 g/mol. The van der Waals surface area contributed by atoms with Crippen LogP contribution in [0.2, 0.25) is 0 Å². The van der Waals surface area contributed by atoms with Gasteiger partial charge >= 0.3 is 6.03 Å². The fourth-order valence-corrected chi connectivity index (χ4v) is 1.83. The fourth-order valence-electron chi connectivity index (χ4n) is 1.83. The van der Waals surface area contributed by atoms with E-state index in [9.17, 15) is 14.7 Å². The lowest BCUT2D eigenvalue weighted by Crippen LogP contribution is -2.50. The van der Waals surface area contributed by atoms with E-state index in [0.717, 1.165) is 12.8 Å². The number of amides is 3. The van der Waals surface area contributed by atoms with Crippen molar-refractivity contribution < 1.29 is 14.7 Å². The Morgan fingerprint density at radius 1 is 1.31 bits per heavy atom. The molecule has 0 radical (unpaired) electrons. The molecule has 3 amide bonds. The predicted octanol–water partition coefficient (Wildman–Crippen LogP) is -0.537. The van der Waals surface area contributed by atoms with E-state index in [0.29, 0.717) is 12.8 Å². The maximum atomic E-state index is 11.6. The number of aliphatic hydroxyl groups excluding tert-OH is 1. The molecule has 1 aliphatic carbocycles. The highest BCUT2D eigenvalue weighted by atomic mass is 16.3. The lowest BCUT2D eigenvalue weighted by atomic mass is 9.93. The summed E-state index contributed by atoms with van der Waals surface area (Å²) in [6.45, 7) is 1.58. The van der Waals surface area contributed by atoms with Gasteiger partial charge in [-0.2, -0.15) is 0 Å². The first-order chi connectivity index (χ1) is 7.49. The molecule has 16 heavy (non-hydrogen) atoms. The standard InChI is InChI=1S/C10H19N3O3/c1-6(12-10(11)16)9(15)13-7-2-4-8(14)5-3-7/h6-8,14H,2-5H2,1H3,(H,13,15)(H3,11,12,16). The number of hydrogen-bond acceptors (Lipinski definition) is 3. The number of nitrogens with one attached hydrogen (secondary N) is 2. The second-order valence-electron chi connectivity index (χ2n) is 4.24. The van der Waals surface area contributed by atoms with Crippen LogP contribution in [0.3, 0.4) is 0 Å². The molecular formula is C10H19N3O3. The van der Waals surface area contributed by atoms with Gasteiger partial charge in [0, 0.05) is 6.04 Å². The molecule has 0 saturated heterocycles. The third-order valence-corrected chi connectivity index (χ3v) is 2.80. The zero-order chi connectivity index (χ0) is 12.1. The molecule has 5 N–H and O–H groups in total. The Hall–Kier alpha value is -1.30. The van der Waals surface area contributed by atoms with Gasteiger partial charge in [0.2, 0.25) is 5.91 Å². The van der Waals surface area contributed by atoms with Gasteiger partial charge in [0.15, 0.2) is 0 Å². The van der Waals surface area contributed by atoms with Gasteiger partial charge in [0.25, 0.3) is 0 Å². The van der Waals surface area contributed by atoms with Crippen molar-refractivity contribution in [1.82, 2.24) is 10.6 Å². The molecule has 0 spiro atoms. The van der Waals surface area contributed by atoms with Crippen molar-refractivity contribution in [3.05, 3.63) is 0 Å². The second-order valence-corrected chi connectivity index (χ2v) is 4.24. The van der Waals surface area contributed by atoms with Crippen LogP contribution < -0.4 is 16.4 Å². The summed E-state index contributed by atoms with van der Waals surface area (Å²) in [6.07, 6.45) is 2.73. The number of nitrogens with two attached hydrogens (primary N) is 1. The zero-order valence-electron chi connectivity index (χ0n) is 9.40. The average Bonchev–Trinajstić information content (AvgIpc) is 2.20. The van der Waals surface area contributed by atoms with Crippen molar-refractivity contribution in [1.29, 1.82) is 0 Å². The number of carbonyl (C=O) groups excluding carboxylic acids is 2. The first-order valence-electron chi connectivity index (χ1n) is 5.53. The SMILES string of the molecule is CC(NC(N)=O)C(=O)NC1CCC(O)CC1. The molecule has 0 heterocycles. The maximum Gasteiger partial charge on any atom is 0.312 e. The molecule has 92 valence electrons. The zero-order valence-corrected chi connectivity index (χ0v) is 9.40. The minimum Gasteiger partial charge on any atom is -0.393 e. The van der Waals surface area contributed by atoms with Gasteiger partial charge in [0.1, 0.15) is 6.04 Å². The Morgan fingerprint density at radius 3 is 2.38 bits per heavy atom. The highest BCUT2D eigenvalue weighted by molar-refractivity contribution is 5.86. The van der Waals surface area contributed by atoms with E-state index < -0.39 is 12.1 Å². The molecule has 1 unspecified atom stereocenters. The molecule has 1 atom stereocenters. The van der Waals surface area contributed by atoms with Gasteiger partial charge in [-0.05, 0) is 32.6 Å². The van der Waals surface area contributed by atoms with Crippen LogP contribution in [-0.2, 0) is 4.79 Å². The topological polar surface area (TPSA) is 104 Å². The molecule has 0 aromatic carbocycles. The highest BCUT2D eigenvalue weighted by Gasteiger charge is 2.23. The molecule has 1 aliphatic rings. The molecular weight excluding hydrogens is 210 g/mol. The van der Waals surface area contributed by atoms with Gasteiger partial charge in [0.05, 0.1) is 6.10 Å². The molecule has 0 aromatic rings. The number of hydrogen-bond donors (Lipinski definition) is 4. The van der Waals surface area contributed by atoms with E-state index in [2.05, 4.69) is 10.6 Å². The number of urea groups is 1. The van der Waals surface area contributed by atoms with Crippen LogP contribution in [0.15, 0.2) is 0 Å². The van der Waals surface area contributed by atoms with Crippen LogP contribution in [0.5, 0.6) is 0 Å². The van der Waals surface area contributed by atoms with Crippen molar-refractivity contribution in [2.75, 3.05) is 0 Å². The summed E-state index contributed by atoms with van der Waals surface area (Å²) in [5.41, 5.74) is 4.92. The summed E-state index contributed by atoms with van der Waals surface area (Å²) in [5.74, 6) is -0.236. The molecule has 6 heteroatoms. The van der Waals surface area contributed by atoms with Crippen LogP contribution in [0.4, 0.5) is 4.79 Å². The number of rotatable bonds is 3. The Labute approximate surface area is 94.6 Å². The lowest BCUT2D eigenvalue weighted by molar-refractivity contribution is -0.123. The van der Waals surface area contributed by atoms with E-state index in [-0.39, 0.29) is 18.1 Å². The Kier molecular flexibility index (Phi) is 4.54. The van der Waals surface area contributed by atoms with E-state index in [1.807, 2.05) is 0 Å². The van der Waals surface area contributed by atoms with Crippen molar-refractivity contribution in [3.63, 3.8) is 0 Å². The average molecular weight is 229 g/mol. The maximum absolute atomic E-state index is 11.6. The van der Waals surface area contributed by atoms with E-state index in [1.165, 1.54) is 0 Å². The van der Waals surface area contributed by atoms with E-state index in [1.54, 1.807) is 6.92 Å². The van der Waals surface area contributed by atoms with Gasteiger partial charge in [-0.25, -0.2) is 4.79 Å². The van der Waals surface area contributed by atoms with Crippen molar-refractivity contribution in [2.45, 2.75) is 50.8 Å². The molecule has 0 aliphatic heterocycles. The van der Waals surface area contributed by atoms with Gasteiger partial charge < -0.3 is 21.5 Å². The molecule has 0 aromatic heterocycles. The van der Waals surface area contributed by atoms with Gasteiger partial charge in [-0.15, -0.1) is 0 Å². The van der Waals surface area contributed by atoms with Gasteiger partial charge in [-0.3, -0.25) is 4.79 Å². The summed E-state index contributed by atoms with van der Waals surface area (Å²) < 4.78 is 0. The summed E-state index contributed by atoms with van der Waals surface area (Å²) in [7, 11) is 0. The van der Waals surface area contributed by atoms with Crippen LogP contribution in [0, 0.1) is 0 Å². The number of primary amides is 1. The normalized spacial score (nSPS) is 26.9. The van der Waals surface area contributed by atoms with Crippen LogP contribution >= 0.6 is 0 Å². The van der Waals surface area contributed by atoms with Gasteiger partial charge in [-0.1, -0.05) is 0 Å². The lowest BCUT2D eigenvalue weighted by Gasteiger charge is -2.27. The second kappa shape index (κ2) is 5.69. The number of aliphatic hydroxyl groups is 1. The molecule has 1 saturated carbocycles. The van der Waals surface area contributed by atoms with Crippen LogP contribution in [0.1, 0.15) is 32.6 Å². The largest absolute Gasteiger partial charge is 0.393 e. The summed E-state index contributed by atoms with van der Waals surface area (Å²) in [4.78, 5) is 22.1. The van der Waals surface area contributed by atoms with Crippen molar-refractivity contribution in [2.24, 2.45) is 5.73 Å². The molecule has 0 bridgehead atoms. The molecule has 1 fully saturated rings. The van der Waals surface area contributed by atoms with Crippen LogP contribution in [-0.4, -0.2) is 35.2 Å². The van der Waals surface area contributed by atoms with Crippen molar-refractivity contribution in [3.8, 4) is 0 Å². The fraction of sp³-hybridized carbons (Fsp3) is 0.800. The minimum atomic E-state index is -0.707. The van der Waals surface area contributed by atoms with Crippen molar-refractivity contribution >= 4 is 11.9 Å². The minimum absolute atomic E-state index is 0.0908. The summed E-state index contributed by atoms with van der Waals surface area (Å²) in [5, 5.41) is 14.4. The van der Waals surface area contributed by atoms with E-state index in [4.69, 9.17) is 5.73 Å². The van der Waals surface area contributed by atoms with E-state index >= 15 is 0 Å². The molecule has 1 rings (SSSR count). The van der Waals surface area contributed by atoms with Crippen LogP contribution in [0.25, 0.3) is 0 Å². The summed E-state index contributed by atoms with van der Waals surface area (Å²) >= 11 is 0. The predicted molar refractivity (Wildman–Crippen MR) is 58.6 cm³/mol.